The van der Waals surface area contributed by atoms with Crippen LogP contribution in [0.3, 0.4) is 0 Å². The minimum Gasteiger partial charge on any atom is -0.313 e. The first-order valence-electron chi connectivity index (χ1n) is 5.81. The topological polar surface area (TPSA) is 49.4 Å². The molecule has 0 aliphatic heterocycles. The van der Waals surface area contributed by atoms with Gasteiger partial charge in [-0.05, 0) is 30.7 Å². The van der Waals surface area contributed by atoms with Crippen molar-refractivity contribution in [3.63, 3.8) is 0 Å². The predicted molar refractivity (Wildman–Crippen MR) is 69.3 cm³/mol. The average molecular weight is 274 g/mol. The van der Waals surface area contributed by atoms with Crippen LogP contribution in [0.1, 0.15) is 18.9 Å². The van der Waals surface area contributed by atoms with Gasteiger partial charge in [0, 0.05) is 20.6 Å². The van der Waals surface area contributed by atoms with Gasteiger partial charge in [0.1, 0.15) is 5.82 Å². The molecule has 18 heavy (non-hydrogen) atoms. The molecule has 0 aliphatic carbocycles. The van der Waals surface area contributed by atoms with Crippen molar-refractivity contribution in [2.75, 3.05) is 20.6 Å². The van der Waals surface area contributed by atoms with E-state index < -0.39 is 15.8 Å². The van der Waals surface area contributed by atoms with Gasteiger partial charge in [-0.3, -0.25) is 0 Å². The molecule has 6 heteroatoms. The van der Waals surface area contributed by atoms with E-state index in [1.165, 1.54) is 26.2 Å². The number of nitrogens with one attached hydrogen (secondary N) is 1. The van der Waals surface area contributed by atoms with Gasteiger partial charge in [0.2, 0.25) is 10.0 Å². The van der Waals surface area contributed by atoms with Gasteiger partial charge in [0.05, 0.1) is 4.90 Å². The van der Waals surface area contributed by atoms with Gasteiger partial charge in [0.25, 0.3) is 0 Å². The van der Waals surface area contributed by atoms with Crippen molar-refractivity contribution in [3.8, 4) is 0 Å². The first-order chi connectivity index (χ1) is 8.39. The Bertz CT molecular complexity index is 501. The molecule has 0 aromatic heterocycles. The van der Waals surface area contributed by atoms with Crippen LogP contribution in [0.15, 0.2) is 23.1 Å². The second kappa shape index (κ2) is 6.26. The summed E-state index contributed by atoms with van der Waals surface area (Å²) in [5.41, 5.74) is 0.582. The fraction of sp³-hybridized carbons (Fsp3) is 0.500. The highest BCUT2D eigenvalue weighted by atomic mass is 32.2. The molecule has 0 amide bonds. The first kappa shape index (κ1) is 15.1. The van der Waals surface area contributed by atoms with E-state index in [9.17, 15) is 12.8 Å². The zero-order valence-corrected chi connectivity index (χ0v) is 11.7. The van der Waals surface area contributed by atoms with Crippen LogP contribution >= 0.6 is 0 Å². The van der Waals surface area contributed by atoms with Crippen molar-refractivity contribution in [1.82, 2.24) is 9.62 Å². The maximum Gasteiger partial charge on any atom is 0.242 e. The third kappa shape index (κ3) is 3.51. The largest absolute Gasteiger partial charge is 0.313 e. The van der Waals surface area contributed by atoms with E-state index in [1.54, 1.807) is 0 Å². The quantitative estimate of drug-likeness (QED) is 0.801. The summed E-state index contributed by atoms with van der Waals surface area (Å²) in [6.45, 7) is 3.23. The van der Waals surface area contributed by atoms with Gasteiger partial charge < -0.3 is 5.32 Å². The SMILES string of the molecule is CCCNCc1ccc(F)cc1S(=O)(=O)N(C)C. The summed E-state index contributed by atoms with van der Waals surface area (Å²) in [6.07, 6.45) is 0.955. The van der Waals surface area contributed by atoms with Crippen molar-refractivity contribution < 1.29 is 12.8 Å². The van der Waals surface area contributed by atoms with Gasteiger partial charge in [-0.25, -0.2) is 17.1 Å². The Kier molecular flexibility index (Phi) is 5.25. The molecule has 102 valence electrons. The molecule has 0 saturated heterocycles. The first-order valence-corrected chi connectivity index (χ1v) is 7.25. The second-order valence-electron chi connectivity index (χ2n) is 4.22. The van der Waals surface area contributed by atoms with E-state index in [1.807, 2.05) is 6.92 Å². The standard InChI is InChI=1S/C12H19FN2O2S/c1-4-7-14-9-10-5-6-11(13)8-12(10)18(16,17)15(2)3/h5-6,8,14H,4,7,9H2,1-3H3. The fourth-order valence-corrected chi connectivity index (χ4v) is 2.64. The smallest absolute Gasteiger partial charge is 0.242 e. The summed E-state index contributed by atoms with van der Waals surface area (Å²) >= 11 is 0. The van der Waals surface area contributed by atoms with Crippen LogP contribution in [-0.4, -0.2) is 33.4 Å². The van der Waals surface area contributed by atoms with Crippen LogP contribution in [0.25, 0.3) is 0 Å². The van der Waals surface area contributed by atoms with Crippen LogP contribution < -0.4 is 5.32 Å². The average Bonchev–Trinajstić information content (AvgIpc) is 2.31. The number of hydrogen-bond donors (Lipinski definition) is 1. The monoisotopic (exact) mass is 274 g/mol. The molecule has 1 rings (SSSR count). The molecule has 0 heterocycles. The molecule has 0 saturated carbocycles. The molecule has 0 bridgehead atoms. The second-order valence-corrected chi connectivity index (χ2v) is 6.34. The third-order valence-electron chi connectivity index (χ3n) is 2.53. The zero-order valence-electron chi connectivity index (χ0n) is 10.9. The molecular formula is C12H19FN2O2S. The van der Waals surface area contributed by atoms with Gasteiger partial charge in [-0.2, -0.15) is 0 Å². The van der Waals surface area contributed by atoms with Crippen molar-refractivity contribution in [2.45, 2.75) is 24.8 Å². The Morgan fingerprint density at radius 2 is 2.00 bits per heavy atom. The summed E-state index contributed by atoms with van der Waals surface area (Å²) in [5.74, 6) is -0.547. The molecule has 1 aromatic carbocycles. The summed E-state index contributed by atoms with van der Waals surface area (Å²) in [7, 11) is -0.746. The van der Waals surface area contributed by atoms with E-state index in [0.29, 0.717) is 12.1 Å². The Hall–Kier alpha value is -0.980. The van der Waals surface area contributed by atoms with Gasteiger partial charge in [0.15, 0.2) is 0 Å². The Morgan fingerprint density at radius 1 is 1.33 bits per heavy atom. The Morgan fingerprint density at radius 3 is 2.56 bits per heavy atom. The van der Waals surface area contributed by atoms with Crippen molar-refractivity contribution in [3.05, 3.63) is 29.6 Å². The van der Waals surface area contributed by atoms with Crippen LogP contribution in [0.4, 0.5) is 4.39 Å². The van der Waals surface area contributed by atoms with Gasteiger partial charge >= 0.3 is 0 Å². The summed E-state index contributed by atoms with van der Waals surface area (Å²) in [4.78, 5) is 0.0242. The molecule has 0 atom stereocenters. The Balaban J connectivity index is 3.12. The molecule has 0 spiro atoms. The molecule has 1 N–H and O–H groups in total. The van der Waals surface area contributed by atoms with E-state index in [-0.39, 0.29) is 4.90 Å². The van der Waals surface area contributed by atoms with Gasteiger partial charge in [-0.15, -0.1) is 0 Å². The maximum atomic E-state index is 13.2. The van der Waals surface area contributed by atoms with E-state index in [2.05, 4.69) is 5.32 Å². The summed E-state index contributed by atoms with van der Waals surface area (Å²) in [6, 6.07) is 3.85. The van der Waals surface area contributed by atoms with Crippen LogP contribution in [-0.2, 0) is 16.6 Å². The molecule has 1 aromatic rings. The minimum absolute atomic E-state index is 0.0242. The molecule has 0 radical (unpaired) electrons. The number of nitrogens with zero attached hydrogens (tertiary/aromatic N) is 1. The number of halogens is 1. The number of sulfonamides is 1. The van der Waals surface area contributed by atoms with Gasteiger partial charge in [-0.1, -0.05) is 13.0 Å². The number of hydrogen-bond acceptors (Lipinski definition) is 3. The Labute approximate surface area is 108 Å². The van der Waals surface area contributed by atoms with Crippen molar-refractivity contribution >= 4 is 10.0 Å². The van der Waals surface area contributed by atoms with Crippen molar-refractivity contribution in [1.29, 1.82) is 0 Å². The molecule has 0 unspecified atom stereocenters. The van der Waals surface area contributed by atoms with E-state index >= 15 is 0 Å². The van der Waals surface area contributed by atoms with Crippen molar-refractivity contribution in [2.24, 2.45) is 0 Å². The fourth-order valence-electron chi connectivity index (χ4n) is 1.51. The zero-order chi connectivity index (χ0) is 13.8. The lowest BCUT2D eigenvalue weighted by molar-refractivity contribution is 0.516. The van der Waals surface area contributed by atoms with E-state index in [0.717, 1.165) is 23.3 Å². The summed E-state index contributed by atoms with van der Waals surface area (Å²) < 4.78 is 38.5. The molecule has 0 aliphatic rings. The van der Waals surface area contributed by atoms with Crippen LogP contribution in [0, 0.1) is 5.82 Å². The molecular weight excluding hydrogens is 255 g/mol. The lowest BCUT2D eigenvalue weighted by Crippen LogP contribution is -2.25. The lowest BCUT2D eigenvalue weighted by Gasteiger charge is -2.15. The highest BCUT2D eigenvalue weighted by Crippen LogP contribution is 2.20. The third-order valence-corrected chi connectivity index (χ3v) is 4.43. The van der Waals surface area contributed by atoms with E-state index in [4.69, 9.17) is 0 Å². The lowest BCUT2D eigenvalue weighted by atomic mass is 10.2. The highest BCUT2D eigenvalue weighted by molar-refractivity contribution is 7.89. The molecule has 4 nitrogen and oxygen atoms in total. The minimum atomic E-state index is -3.61. The number of benzene rings is 1. The summed E-state index contributed by atoms with van der Waals surface area (Å²) in [5, 5.41) is 3.12. The van der Waals surface area contributed by atoms with Crippen LogP contribution in [0.2, 0.25) is 0 Å². The molecule has 0 fully saturated rings. The predicted octanol–water partition coefficient (Wildman–Crippen LogP) is 1.58. The highest BCUT2D eigenvalue weighted by Gasteiger charge is 2.21. The number of rotatable bonds is 6. The van der Waals surface area contributed by atoms with Crippen LogP contribution in [0.5, 0.6) is 0 Å². The normalized spacial score (nSPS) is 12.1. The maximum absolute atomic E-state index is 13.2.